The molecule has 0 aliphatic heterocycles. The molecule has 0 spiro atoms. The maximum atomic E-state index is 11.6. The van der Waals surface area contributed by atoms with Crippen molar-refractivity contribution in [3.05, 3.63) is 0 Å². The van der Waals surface area contributed by atoms with Gasteiger partial charge in [0.15, 0.2) is 5.25 Å². The van der Waals surface area contributed by atoms with Gasteiger partial charge in [0.05, 0.1) is 6.61 Å². The Bertz CT molecular complexity index is 433. The molecule has 0 aromatic carbocycles. The molecule has 0 amide bonds. The molecule has 0 radical (unpaired) electrons. The van der Waals surface area contributed by atoms with Gasteiger partial charge >= 0.3 is 5.97 Å². The number of unbranched alkanes of at least 4 members (excludes halogenated alkanes) is 13. The molecule has 0 saturated heterocycles. The van der Waals surface area contributed by atoms with Gasteiger partial charge in [-0.2, -0.15) is 8.42 Å². The summed E-state index contributed by atoms with van der Waals surface area (Å²) in [6, 6.07) is 0. The summed E-state index contributed by atoms with van der Waals surface area (Å²) in [6.45, 7) is 3.97. The molecule has 26 heavy (non-hydrogen) atoms. The summed E-state index contributed by atoms with van der Waals surface area (Å²) in [5, 5.41) is -1.43. The molecule has 0 heterocycles. The quantitative estimate of drug-likeness (QED) is 0.184. The Morgan fingerprint density at radius 2 is 1.15 bits per heavy atom. The van der Waals surface area contributed by atoms with Crippen LogP contribution in [0.4, 0.5) is 0 Å². The van der Waals surface area contributed by atoms with Crippen molar-refractivity contribution in [3.63, 3.8) is 0 Å². The number of esters is 1. The van der Waals surface area contributed by atoms with Gasteiger partial charge in [-0.05, 0) is 13.3 Å². The van der Waals surface area contributed by atoms with E-state index in [1.54, 1.807) is 6.92 Å². The Balaban J connectivity index is 3.55. The molecule has 0 aliphatic carbocycles. The first-order valence-corrected chi connectivity index (χ1v) is 12.1. The van der Waals surface area contributed by atoms with E-state index in [1.807, 2.05) is 0 Å². The van der Waals surface area contributed by atoms with Gasteiger partial charge in [0.2, 0.25) is 0 Å². The minimum Gasteiger partial charge on any atom is -0.465 e. The fourth-order valence-electron chi connectivity index (χ4n) is 3.15. The van der Waals surface area contributed by atoms with E-state index in [2.05, 4.69) is 6.92 Å². The van der Waals surface area contributed by atoms with E-state index in [9.17, 15) is 13.2 Å². The van der Waals surface area contributed by atoms with Crippen LogP contribution in [0.2, 0.25) is 0 Å². The third kappa shape index (κ3) is 14.5. The molecule has 0 aromatic rings. The van der Waals surface area contributed by atoms with Gasteiger partial charge in [0, 0.05) is 0 Å². The molecule has 0 aliphatic rings. The van der Waals surface area contributed by atoms with Crippen LogP contribution in [0.1, 0.15) is 110 Å². The van der Waals surface area contributed by atoms with Crippen molar-refractivity contribution in [1.82, 2.24) is 0 Å². The zero-order chi connectivity index (χ0) is 19.7. The van der Waals surface area contributed by atoms with Gasteiger partial charge in [0.1, 0.15) is 0 Å². The molecular formula is C20H40O5S. The molecule has 1 N–H and O–H groups in total. The minimum atomic E-state index is -4.38. The molecule has 0 aromatic heterocycles. The largest absolute Gasteiger partial charge is 0.465 e. The smallest absolute Gasteiger partial charge is 0.326 e. The third-order valence-corrected chi connectivity index (χ3v) is 5.88. The summed E-state index contributed by atoms with van der Waals surface area (Å²) in [6.07, 6.45) is 17.1. The lowest BCUT2D eigenvalue weighted by atomic mass is 10.0. The van der Waals surface area contributed by atoms with Crippen LogP contribution >= 0.6 is 0 Å². The fraction of sp³-hybridized carbons (Fsp3) is 0.950. The maximum Gasteiger partial charge on any atom is 0.326 e. The molecule has 5 nitrogen and oxygen atoms in total. The van der Waals surface area contributed by atoms with E-state index in [0.717, 1.165) is 19.3 Å². The number of carbonyl (C=O) groups is 1. The number of hydrogen-bond acceptors (Lipinski definition) is 4. The first-order valence-electron chi connectivity index (χ1n) is 10.6. The summed E-state index contributed by atoms with van der Waals surface area (Å²) in [5.41, 5.74) is 0. The van der Waals surface area contributed by atoms with Gasteiger partial charge in [-0.25, -0.2) is 0 Å². The normalized spacial score (nSPS) is 12.9. The average Bonchev–Trinajstić information content (AvgIpc) is 2.57. The molecular weight excluding hydrogens is 352 g/mol. The van der Waals surface area contributed by atoms with E-state index < -0.39 is 21.3 Å². The van der Waals surface area contributed by atoms with Crippen molar-refractivity contribution in [2.45, 2.75) is 115 Å². The van der Waals surface area contributed by atoms with E-state index in [4.69, 9.17) is 9.29 Å². The lowest BCUT2D eigenvalue weighted by Gasteiger charge is -2.12. The Hall–Kier alpha value is -0.620. The lowest BCUT2D eigenvalue weighted by Crippen LogP contribution is -2.31. The Morgan fingerprint density at radius 3 is 1.50 bits per heavy atom. The van der Waals surface area contributed by atoms with Crippen LogP contribution in [-0.4, -0.2) is 30.8 Å². The molecule has 0 saturated carbocycles. The second-order valence-electron chi connectivity index (χ2n) is 7.14. The van der Waals surface area contributed by atoms with Crippen molar-refractivity contribution >= 4 is 16.1 Å². The highest BCUT2D eigenvalue weighted by molar-refractivity contribution is 7.87. The van der Waals surface area contributed by atoms with Gasteiger partial charge < -0.3 is 4.74 Å². The van der Waals surface area contributed by atoms with E-state index in [0.29, 0.717) is 6.42 Å². The fourth-order valence-corrected chi connectivity index (χ4v) is 3.92. The Morgan fingerprint density at radius 1 is 0.769 bits per heavy atom. The van der Waals surface area contributed by atoms with E-state index >= 15 is 0 Å². The highest BCUT2D eigenvalue weighted by Gasteiger charge is 2.31. The van der Waals surface area contributed by atoms with Crippen molar-refractivity contribution < 1.29 is 22.5 Å². The van der Waals surface area contributed by atoms with Gasteiger partial charge in [-0.3, -0.25) is 9.35 Å². The number of rotatable bonds is 18. The van der Waals surface area contributed by atoms with Gasteiger partial charge in [-0.1, -0.05) is 96.8 Å². The summed E-state index contributed by atoms with van der Waals surface area (Å²) in [5.74, 6) is -0.843. The topological polar surface area (TPSA) is 80.7 Å². The highest BCUT2D eigenvalue weighted by atomic mass is 32.2. The standard InChI is InChI=1S/C20H40O5S/c1-3-5-6-7-8-9-10-11-12-13-14-15-16-17-18-19(26(22,23)24)20(21)25-4-2/h19H,3-18H2,1-2H3,(H,22,23,24). The predicted octanol–water partition coefficient (Wildman–Crippen LogP) is 5.68. The number of ether oxygens (including phenoxy) is 1. The first kappa shape index (κ1) is 25.4. The molecule has 0 bridgehead atoms. The van der Waals surface area contributed by atoms with Crippen LogP contribution in [-0.2, 0) is 19.6 Å². The molecule has 0 fully saturated rings. The van der Waals surface area contributed by atoms with Crippen LogP contribution in [0.3, 0.4) is 0 Å². The predicted molar refractivity (Wildman–Crippen MR) is 107 cm³/mol. The molecule has 1 atom stereocenters. The van der Waals surface area contributed by atoms with Crippen LogP contribution < -0.4 is 0 Å². The summed E-state index contributed by atoms with van der Waals surface area (Å²) in [7, 11) is -4.38. The van der Waals surface area contributed by atoms with Crippen LogP contribution in [0.25, 0.3) is 0 Å². The SMILES string of the molecule is CCCCCCCCCCCCCCCCC(C(=O)OCC)S(=O)(=O)O. The zero-order valence-corrected chi connectivity index (χ0v) is 17.7. The van der Waals surface area contributed by atoms with Crippen molar-refractivity contribution in [1.29, 1.82) is 0 Å². The summed E-state index contributed by atoms with van der Waals surface area (Å²) < 4.78 is 36.4. The number of carbonyl (C=O) groups excluding carboxylic acids is 1. The molecule has 1 unspecified atom stereocenters. The lowest BCUT2D eigenvalue weighted by molar-refractivity contribution is -0.142. The van der Waals surface area contributed by atoms with Crippen LogP contribution in [0.5, 0.6) is 0 Å². The highest BCUT2D eigenvalue weighted by Crippen LogP contribution is 2.16. The number of hydrogen-bond donors (Lipinski definition) is 1. The van der Waals surface area contributed by atoms with Gasteiger partial charge in [0.25, 0.3) is 10.1 Å². The van der Waals surface area contributed by atoms with Crippen molar-refractivity contribution in [3.8, 4) is 0 Å². The van der Waals surface area contributed by atoms with Gasteiger partial charge in [-0.15, -0.1) is 0 Å². The summed E-state index contributed by atoms with van der Waals surface area (Å²) in [4.78, 5) is 11.6. The molecule has 0 rings (SSSR count). The second kappa shape index (κ2) is 16.5. The van der Waals surface area contributed by atoms with Crippen LogP contribution in [0, 0.1) is 0 Å². The van der Waals surface area contributed by atoms with Crippen molar-refractivity contribution in [2.24, 2.45) is 0 Å². The van der Waals surface area contributed by atoms with E-state index in [-0.39, 0.29) is 13.0 Å². The Labute approximate surface area is 161 Å². The zero-order valence-electron chi connectivity index (χ0n) is 16.9. The summed E-state index contributed by atoms with van der Waals surface area (Å²) >= 11 is 0. The second-order valence-corrected chi connectivity index (χ2v) is 8.74. The monoisotopic (exact) mass is 392 g/mol. The van der Waals surface area contributed by atoms with Crippen LogP contribution in [0.15, 0.2) is 0 Å². The van der Waals surface area contributed by atoms with E-state index in [1.165, 1.54) is 64.2 Å². The first-order chi connectivity index (χ1) is 12.4. The maximum absolute atomic E-state index is 11.6. The minimum absolute atomic E-state index is 0.115. The molecule has 6 heteroatoms. The third-order valence-electron chi connectivity index (χ3n) is 4.73. The molecule has 156 valence electrons. The van der Waals surface area contributed by atoms with Crippen molar-refractivity contribution in [2.75, 3.05) is 6.61 Å². The average molecular weight is 393 g/mol. The Kier molecular flexibility index (Phi) is 16.2.